The van der Waals surface area contributed by atoms with Crippen LogP contribution in [0.3, 0.4) is 0 Å². The van der Waals surface area contributed by atoms with E-state index >= 15 is 0 Å². The lowest BCUT2D eigenvalue weighted by molar-refractivity contribution is -0.140. The van der Waals surface area contributed by atoms with Crippen molar-refractivity contribution in [1.29, 1.82) is 0 Å². The number of nitrogens with zero attached hydrogens (tertiary/aromatic N) is 3. The topological polar surface area (TPSA) is 101 Å². The number of aliphatic hydroxyl groups excluding tert-OH is 1. The van der Waals surface area contributed by atoms with Crippen LogP contribution in [0, 0.1) is 0 Å². The Morgan fingerprint density at radius 2 is 1.82 bits per heavy atom. The second-order valence-corrected chi connectivity index (χ2v) is 8.14. The Kier molecular flexibility index (Phi) is 7.44. The van der Waals surface area contributed by atoms with Crippen molar-refractivity contribution in [1.82, 2.24) is 14.8 Å². The Balaban J connectivity index is 1.74. The molecule has 2 aliphatic rings. The highest BCUT2D eigenvalue weighted by molar-refractivity contribution is 6.46. The molecule has 180 valence electrons. The molecule has 0 unspecified atom stereocenters. The molecular weight excluding hydrogens is 438 g/mol. The minimum Gasteiger partial charge on any atom is -0.507 e. The number of pyridine rings is 1. The van der Waals surface area contributed by atoms with Gasteiger partial charge in [-0.1, -0.05) is 0 Å². The molecule has 1 amide bonds. The number of benzene rings is 1. The van der Waals surface area contributed by atoms with Crippen LogP contribution >= 0.6 is 0 Å². The highest BCUT2D eigenvalue weighted by Crippen LogP contribution is 2.43. The van der Waals surface area contributed by atoms with Gasteiger partial charge in [-0.3, -0.25) is 19.5 Å². The van der Waals surface area contributed by atoms with Crippen LogP contribution in [0.2, 0.25) is 0 Å². The summed E-state index contributed by atoms with van der Waals surface area (Å²) < 4.78 is 16.4. The number of hydrogen-bond donors (Lipinski definition) is 1. The van der Waals surface area contributed by atoms with Crippen molar-refractivity contribution < 1.29 is 28.9 Å². The summed E-state index contributed by atoms with van der Waals surface area (Å²) in [5.41, 5.74) is 1.00. The Morgan fingerprint density at radius 3 is 2.50 bits per heavy atom. The maximum atomic E-state index is 13.2. The van der Waals surface area contributed by atoms with E-state index < -0.39 is 17.7 Å². The maximum absolute atomic E-state index is 13.2. The summed E-state index contributed by atoms with van der Waals surface area (Å²) in [5.74, 6) is -0.570. The van der Waals surface area contributed by atoms with Gasteiger partial charge < -0.3 is 24.2 Å². The largest absolute Gasteiger partial charge is 0.507 e. The molecule has 2 saturated heterocycles. The number of ether oxygens (including phenoxy) is 3. The molecule has 2 fully saturated rings. The number of morpholine rings is 1. The van der Waals surface area contributed by atoms with Crippen LogP contribution in [-0.4, -0.2) is 85.2 Å². The molecule has 0 bridgehead atoms. The van der Waals surface area contributed by atoms with Crippen LogP contribution in [0.4, 0.5) is 0 Å². The summed E-state index contributed by atoms with van der Waals surface area (Å²) in [5, 5.41) is 11.1. The predicted octanol–water partition coefficient (Wildman–Crippen LogP) is 2.24. The lowest BCUT2D eigenvalue weighted by atomic mass is 9.94. The van der Waals surface area contributed by atoms with Gasteiger partial charge in [0.1, 0.15) is 17.3 Å². The average Bonchev–Trinajstić information content (AvgIpc) is 3.14. The molecule has 4 rings (SSSR count). The highest BCUT2D eigenvalue weighted by atomic mass is 16.5. The van der Waals surface area contributed by atoms with Gasteiger partial charge in [0.15, 0.2) is 0 Å². The number of amides is 1. The highest BCUT2D eigenvalue weighted by Gasteiger charge is 2.47. The number of aromatic nitrogens is 1. The van der Waals surface area contributed by atoms with Crippen molar-refractivity contribution in [2.24, 2.45) is 0 Å². The van der Waals surface area contributed by atoms with Crippen LogP contribution in [0.25, 0.3) is 5.76 Å². The Bertz CT molecular complexity index is 1070. The summed E-state index contributed by atoms with van der Waals surface area (Å²) in [6.45, 7) is 4.19. The molecule has 9 heteroatoms. The maximum Gasteiger partial charge on any atom is 0.295 e. The smallest absolute Gasteiger partial charge is 0.295 e. The third-order valence-electron chi connectivity index (χ3n) is 6.20. The van der Waals surface area contributed by atoms with Crippen molar-refractivity contribution in [3.05, 3.63) is 59.4 Å². The van der Waals surface area contributed by atoms with E-state index in [1.165, 1.54) is 24.4 Å². The van der Waals surface area contributed by atoms with Gasteiger partial charge in [0.25, 0.3) is 11.7 Å². The fourth-order valence-corrected chi connectivity index (χ4v) is 4.44. The van der Waals surface area contributed by atoms with Crippen LogP contribution in [0.15, 0.2) is 48.3 Å². The molecule has 9 nitrogen and oxygen atoms in total. The number of rotatable bonds is 8. The SMILES string of the molecule is COc1ccc(OC)c([C@@H]2/C(=C(\O)c3ccncc3)C(=O)C(=O)N2CCCN2CCOCC2)c1. The van der Waals surface area contributed by atoms with Gasteiger partial charge in [-0.15, -0.1) is 0 Å². The standard InChI is InChI=1S/C25H29N3O6/c1-32-18-4-5-20(33-2)19(16-18)22-21(23(29)17-6-8-26-9-7-17)24(30)25(31)28(22)11-3-10-27-12-14-34-15-13-27/h4-9,16,22,29H,3,10-15H2,1-2H3/b23-21+/t22-/m1/s1. The molecule has 0 aliphatic carbocycles. The zero-order chi connectivity index (χ0) is 24.1. The first-order chi connectivity index (χ1) is 16.5. The molecule has 0 radical (unpaired) electrons. The molecule has 1 aromatic carbocycles. The number of hydrogen-bond acceptors (Lipinski definition) is 8. The second-order valence-electron chi connectivity index (χ2n) is 8.14. The summed E-state index contributed by atoms with van der Waals surface area (Å²) in [6.07, 6.45) is 3.72. The molecule has 34 heavy (non-hydrogen) atoms. The Morgan fingerprint density at radius 1 is 1.09 bits per heavy atom. The fourth-order valence-electron chi connectivity index (χ4n) is 4.44. The van der Waals surface area contributed by atoms with Gasteiger partial charge >= 0.3 is 0 Å². The monoisotopic (exact) mass is 467 g/mol. The lowest BCUT2D eigenvalue weighted by Gasteiger charge is -2.29. The lowest BCUT2D eigenvalue weighted by Crippen LogP contribution is -2.39. The van der Waals surface area contributed by atoms with Crippen molar-refractivity contribution in [2.75, 3.05) is 53.6 Å². The summed E-state index contributed by atoms with van der Waals surface area (Å²) in [6, 6.07) is 7.60. The number of carbonyl (C=O) groups excluding carboxylic acids is 2. The van der Waals surface area contributed by atoms with E-state index in [1.807, 2.05) is 0 Å². The van der Waals surface area contributed by atoms with Crippen LogP contribution < -0.4 is 9.47 Å². The van der Waals surface area contributed by atoms with Gasteiger partial charge in [0.05, 0.1) is 39.0 Å². The predicted molar refractivity (Wildman–Crippen MR) is 125 cm³/mol. The van der Waals surface area contributed by atoms with Gasteiger partial charge in [0.2, 0.25) is 0 Å². The van der Waals surface area contributed by atoms with E-state index in [4.69, 9.17) is 14.2 Å². The van der Waals surface area contributed by atoms with Crippen molar-refractivity contribution >= 4 is 17.4 Å². The third kappa shape index (κ3) is 4.76. The van der Waals surface area contributed by atoms with Crippen LogP contribution in [0.5, 0.6) is 11.5 Å². The van der Waals surface area contributed by atoms with E-state index in [-0.39, 0.29) is 11.3 Å². The summed E-state index contributed by atoms with van der Waals surface area (Å²) >= 11 is 0. The molecule has 1 aromatic heterocycles. The van der Waals surface area contributed by atoms with Gasteiger partial charge in [-0.05, 0) is 36.8 Å². The average molecular weight is 468 g/mol. The molecular formula is C25H29N3O6. The molecule has 0 spiro atoms. The van der Waals surface area contributed by atoms with Gasteiger partial charge in [-0.25, -0.2) is 0 Å². The minimum atomic E-state index is -0.817. The van der Waals surface area contributed by atoms with Gasteiger partial charge in [-0.2, -0.15) is 0 Å². The van der Waals surface area contributed by atoms with E-state index in [2.05, 4.69) is 9.88 Å². The molecule has 1 atom stereocenters. The minimum absolute atomic E-state index is 0.0223. The zero-order valence-corrected chi connectivity index (χ0v) is 19.4. The van der Waals surface area contributed by atoms with E-state index in [1.54, 1.807) is 37.4 Å². The first kappa shape index (κ1) is 23.7. The fraction of sp³-hybridized carbons (Fsp3) is 0.400. The zero-order valence-electron chi connectivity index (χ0n) is 19.4. The normalized spacial score (nSPS) is 20.5. The van der Waals surface area contributed by atoms with E-state index in [9.17, 15) is 14.7 Å². The Hall–Kier alpha value is -3.43. The third-order valence-corrected chi connectivity index (χ3v) is 6.20. The first-order valence-electron chi connectivity index (χ1n) is 11.3. The quantitative estimate of drug-likeness (QED) is 0.358. The number of aliphatic hydroxyl groups is 1. The van der Waals surface area contributed by atoms with Crippen LogP contribution in [-0.2, 0) is 14.3 Å². The number of ketones is 1. The van der Waals surface area contributed by atoms with Crippen molar-refractivity contribution in [3.8, 4) is 11.5 Å². The number of carbonyl (C=O) groups is 2. The molecule has 0 saturated carbocycles. The number of likely N-dealkylation sites (tertiary alicyclic amines) is 1. The van der Waals surface area contributed by atoms with E-state index in [0.717, 1.165) is 19.6 Å². The molecule has 3 heterocycles. The molecule has 2 aromatic rings. The second kappa shape index (κ2) is 10.7. The Labute approximate surface area is 198 Å². The molecule has 2 aliphatic heterocycles. The molecule has 1 N–H and O–H groups in total. The van der Waals surface area contributed by atoms with Crippen molar-refractivity contribution in [2.45, 2.75) is 12.5 Å². The van der Waals surface area contributed by atoms with Crippen molar-refractivity contribution in [3.63, 3.8) is 0 Å². The van der Waals surface area contributed by atoms with Crippen LogP contribution in [0.1, 0.15) is 23.6 Å². The van der Waals surface area contributed by atoms with E-state index in [0.29, 0.717) is 48.8 Å². The number of methoxy groups -OCH3 is 2. The summed E-state index contributed by atoms with van der Waals surface area (Å²) in [7, 11) is 3.07. The number of Topliss-reactive ketones (excluding diaryl/α,β-unsaturated/α-hetero) is 1. The first-order valence-corrected chi connectivity index (χ1v) is 11.3. The van der Waals surface area contributed by atoms with Gasteiger partial charge in [0, 0.05) is 49.7 Å². The summed E-state index contributed by atoms with van der Waals surface area (Å²) in [4.78, 5) is 34.2.